The molecule has 1 unspecified atom stereocenters. The van der Waals surface area contributed by atoms with E-state index in [9.17, 15) is 26.4 Å². The topological polar surface area (TPSA) is 166 Å². The molecule has 0 radical (unpaired) electrons. The first-order valence-corrected chi connectivity index (χ1v) is 16.4. The van der Waals surface area contributed by atoms with Crippen molar-refractivity contribution in [2.45, 2.75) is 55.4 Å². The molecule has 1 atom stereocenters. The van der Waals surface area contributed by atoms with E-state index in [1.165, 1.54) is 43.4 Å². The lowest BCUT2D eigenvalue weighted by molar-refractivity contribution is -0.126. The number of ether oxygens (including phenoxy) is 3. The number of benzene rings is 3. The monoisotopic (exact) mass is 631 g/mol. The number of carbonyl (C=O) groups is 2. The fourth-order valence-corrected chi connectivity index (χ4v) is 6.28. The quantitative estimate of drug-likeness (QED) is 0.286. The van der Waals surface area contributed by atoms with Crippen LogP contribution in [0.15, 0.2) is 70.5 Å². The van der Waals surface area contributed by atoms with E-state index in [1.807, 2.05) is 25.5 Å². The molecule has 1 aliphatic rings. The minimum absolute atomic E-state index is 0.0159. The smallest absolute Gasteiger partial charge is 0.328 e. The molecule has 0 aromatic heterocycles. The second-order valence-electron chi connectivity index (χ2n) is 10.0. The lowest BCUT2D eigenvalue weighted by atomic mass is 10.0. The summed E-state index contributed by atoms with van der Waals surface area (Å²) >= 11 is 0. The summed E-state index contributed by atoms with van der Waals surface area (Å²) in [6.45, 7) is 5.81. The van der Waals surface area contributed by atoms with E-state index in [4.69, 9.17) is 14.2 Å². The Kier molecular flexibility index (Phi) is 9.50. The first-order chi connectivity index (χ1) is 20.3. The minimum Gasteiger partial charge on any atom is -0.475 e. The van der Waals surface area contributed by atoms with E-state index < -0.39 is 38.1 Å². The van der Waals surface area contributed by atoms with Gasteiger partial charge < -0.3 is 19.5 Å². The van der Waals surface area contributed by atoms with Crippen molar-refractivity contribution in [2.75, 3.05) is 13.8 Å². The normalized spacial score (nSPS) is 13.3. The second-order valence-corrected chi connectivity index (χ2v) is 13.4. The van der Waals surface area contributed by atoms with E-state index in [1.54, 1.807) is 24.3 Å². The maximum absolute atomic E-state index is 13.6. The highest BCUT2D eigenvalue weighted by molar-refractivity contribution is 7.90. The standard InChI is InChI=1S/C29H33N3O9S2/c1-5-6-20-15-23(43(37,38)32-29(34)30-4)12-14-24(20)41-27(21-9-13-25-26(16-21)40-17-39-25)28(33)31-42(35,36)22-10-7-19(8-11-22)18(2)3/h7-16,18,27H,5-6,17H2,1-4H3,(H,31,33)(H2,30,32,34). The largest absolute Gasteiger partial charge is 0.475 e. The van der Waals surface area contributed by atoms with Gasteiger partial charge in [-0.05, 0) is 65.9 Å². The van der Waals surface area contributed by atoms with Crippen LogP contribution < -0.4 is 29.0 Å². The molecule has 0 aliphatic carbocycles. The van der Waals surface area contributed by atoms with Crippen molar-refractivity contribution < 1.29 is 40.6 Å². The SMILES string of the molecule is CCCc1cc(S(=O)(=O)NC(=O)NC)ccc1OC(C(=O)NS(=O)(=O)c1ccc(C(C)C)cc1)c1ccc2c(c1)OCO2. The zero-order valence-corrected chi connectivity index (χ0v) is 25.7. The van der Waals surface area contributed by atoms with Crippen molar-refractivity contribution in [3.05, 3.63) is 77.4 Å². The molecule has 1 aliphatic heterocycles. The van der Waals surface area contributed by atoms with Gasteiger partial charge in [-0.1, -0.05) is 45.4 Å². The zero-order valence-electron chi connectivity index (χ0n) is 24.0. The summed E-state index contributed by atoms with van der Waals surface area (Å²) in [5.41, 5.74) is 1.63. The fraction of sp³-hybridized carbons (Fsp3) is 0.310. The number of carbonyl (C=O) groups excluding carboxylic acids is 2. The number of hydrogen-bond acceptors (Lipinski definition) is 9. The molecule has 0 bridgehead atoms. The maximum atomic E-state index is 13.6. The van der Waals surface area contributed by atoms with Crippen molar-refractivity contribution in [3.8, 4) is 17.2 Å². The van der Waals surface area contributed by atoms with Crippen molar-refractivity contribution in [2.24, 2.45) is 0 Å². The summed E-state index contributed by atoms with van der Waals surface area (Å²) in [6.07, 6.45) is -0.541. The Morgan fingerprint density at radius 3 is 2.12 bits per heavy atom. The van der Waals surface area contributed by atoms with Gasteiger partial charge in [0.1, 0.15) is 5.75 Å². The Balaban J connectivity index is 1.70. The number of urea groups is 1. The molecule has 0 fully saturated rings. The van der Waals surface area contributed by atoms with E-state index in [0.717, 1.165) is 5.56 Å². The van der Waals surface area contributed by atoms with Crippen LogP contribution in [0.5, 0.6) is 17.2 Å². The van der Waals surface area contributed by atoms with Gasteiger partial charge in [-0.3, -0.25) is 4.79 Å². The number of aryl methyl sites for hydroxylation is 1. The number of amides is 3. The van der Waals surface area contributed by atoms with Crippen LogP contribution in [0.1, 0.15) is 55.9 Å². The molecule has 12 nitrogen and oxygen atoms in total. The van der Waals surface area contributed by atoms with Crippen LogP contribution in [0.3, 0.4) is 0 Å². The van der Waals surface area contributed by atoms with Gasteiger partial charge in [-0.2, -0.15) is 0 Å². The average Bonchev–Trinajstić information content (AvgIpc) is 3.44. The second kappa shape index (κ2) is 12.9. The summed E-state index contributed by atoms with van der Waals surface area (Å²) in [6, 6.07) is 13.9. The molecule has 4 rings (SSSR count). The fourth-order valence-electron chi connectivity index (χ4n) is 4.29. The van der Waals surface area contributed by atoms with Crippen LogP contribution in [0.4, 0.5) is 4.79 Å². The number of hydrogen-bond donors (Lipinski definition) is 3. The molecule has 230 valence electrons. The lowest BCUT2D eigenvalue weighted by Crippen LogP contribution is -2.37. The first-order valence-electron chi connectivity index (χ1n) is 13.4. The Hall–Kier alpha value is -4.30. The van der Waals surface area contributed by atoms with Crippen LogP contribution in [0.2, 0.25) is 0 Å². The Morgan fingerprint density at radius 2 is 1.47 bits per heavy atom. The number of fused-ring (bicyclic) bond motifs is 1. The van der Waals surface area contributed by atoms with E-state index in [0.29, 0.717) is 29.9 Å². The third-order valence-corrected chi connectivity index (χ3v) is 9.28. The Labute approximate surface area is 250 Å². The molecule has 0 spiro atoms. The molecule has 0 saturated heterocycles. The summed E-state index contributed by atoms with van der Waals surface area (Å²) in [4.78, 5) is 25.0. The predicted octanol–water partition coefficient (Wildman–Crippen LogP) is 3.73. The third kappa shape index (κ3) is 7.38. The Morgan fingerprint density at radius 1 is 0.837 bits per heavy atom. The molecule has 43 heavy (non-hydrogen) atoms. The molecule has 14 heteroatoms. The van der Waals surface area contributed by atoms with Crippen LogP contribution >= 0.6 is 0 Å². The summed E-state index contributed by atoms with van der Waals surface area (Å²) in [5, 5.41) is 2.19. The van der Waals surface area contributed by atoms with Gasteiger partial charge in [0.15, 0.2) is 11.5 Å². The summed E-state index contributed by atoms with van der Waals surface area (Å²) in [5.74, 6) is 0.157. The maximum Gasteiger partial charge on any atom is 0.328 e. The highest BCUT2D eigenvalue weighted by atomic mass is 32.2. The van der Waals surface area contributed by atoms with Gasteiger partial charge in [0.05, 0.1) is 9.79 Å². The predicted molar refractivity (Wildman–Crippen MR) is 157 cm³/mol. The van der Waals surface area contributed by atoms with Crippen LogP contribution in [0.25, 0.3) is 0 Å². The summed E-state index contributed by atoms with van der Waals surface area (Å²) in [7, 11) is -7.20. The molecule has 3 amide bonds. The molecule has 1 heterocycles. The number of nitrogens with one attached hydrogen (secondary N) is 3. The van der Waals surface area contributed by atoms with Crippen molar-refractivity contribution >= 4 is 32.0 Å². The molecule has 0 saturated carbocycles. The molecule has 3 aromatic rings. The van der Waals surface area contributed by atoms with Gasteiger partial charge >= 0.3 is 6.03 Å². The van der Waals surface area contributed by atoms with Gasteiger partial charge in [-0.25, -0.2) is 31.1 Å². The first kappa shape index (κ1) is 31.6. The zero-order chi connectivity index (χ0) is 31.4. The van der Waals surface area contributed by atoms with Gasteiger partial charge in [0.2, 0.25) is 12.9 Å². The highest BCUT2D eigenvalue weighted by Gasteiger charge is 2.31. The van der Waals surface area contributed by atoms with E-state index in [-0.39, 0.29) is 33.8 Å². The van der Waals surface area contributed by atoms with Crippen molar-refractivity contribution in [1.29, 1.82) is 0 Å². The summed E-state index contributed by atoms with van der Waals surface area (Å²) < 4.78 is 72.8. The lowest BCUT2D eigenvalue weighted by Gasteiger charge is -2.22. The molecule has 3 N–H and O–H groups in total. The van der Waals surface area contributed by atoms with E-state index in [2.05, 4.69) is 10.0 Å². The highest BCUT2D eigenvalue weighted by Crippen LogP contribution is 2.36. The molecular formula is C29H33N3O9S2. The number of sulfonamides is 2. The minimum atomic E-state index is -4.28. The van der Waals surface area contributed by atoms with Crippen LogP contribution in [0, 0.1) is 0 Å². The Bertz CT molecular complexity index is 1720. The van der Waals surface area contributed by atoms with Gasteiger partial charge in [-0.15, -0.1) is 0 Å². The average molecular weight is 632 g/mol. The van der Waals surface area contributed by atoms with Gasteiger partial charge in [0, 0.05) is 12.6 Å². The molecular weight excluding hydrogens is 598 g/mol. The van der Waals surface area contributed by atoms with Crippen molar-refractivity contribution in [3.63, 3.8) is 0 Å². The third-order valence-electron chi connectivity index (χ3n) is 6.59. The van der Waals surface area contributed by atoms with Crippen LogP contribution in [-0.4, -0.2) is 42.6 Å². The van der Waals surface area contributed by atoms with Crippen LogP contribution in [-0.2, 0) is 31.3 Å². The number of rotatable bonds is 11. The van der Waals surface area contributed by atoms with Gasteiger partial charge in [0.25, 0.3) is 26.0 Å². The van der Waals surface area contributed by atoms with E-state index >= 15 is 0 Å². The molecule has 3 aromatic carbocycles. The van der Waals surface area contributed by atoms with Crippen molar-refractivity contribution in [1.82, 2.24) is 14.8 Å².